The van der Waals surface area contributed by atoms with Crippen LogP contribution in [0.5, 0.6) is 0 Å². The zero-order valence-electron chi connectivity index (χ0n) is 22.2. The molecule has 194 valence electrons. The van der Waals surface area contributed by atoms with Crippen molar-refractivity contribution in [2.45, 2.75) is 118 Å². The predicted molar refractivity (Wildman–Crippen MR) is 138 cm³/mol. The molecule has 0 aliphatic carbocycles. The van der Waals surface area contributed by atoms with Gasteiger partial charge in [-0.25, -0.2) is 0 Å². The molecule has 5 nitrogen and oxygen atoms in total. The van der Waals surface area contributed by atoms with Crippen molar-refractivity contribution in [3.63, 3.8) is 0 Å². The van der Waals surface area contributed by atoms with E-state index in [2.05, 4.69) is 34.3 Å². The van der Waals surface area contributed by atoms with E-state index in [0.717, 1.165) is 37.5 Å². The number of hydrogen-bond donors (Lipinski definition) is 0. The topological polar surface area (TPSA) is 55.8 Å². The molecule has 0 spiro atoms. The van der Waals surface area contributed by atoms with Gasteiger partial charge in [0.1, 0.15) is 0 Å². The van der Waals surface area contributed by atoms with Gasteiger partial charge < -0.3 is 14.4 Å². The highest BCUT2D eigenvalue weighted by molar-refractivity contribution is 5.70. The number of carbonyl (C=O) groups is 2. The van der Waals surface area contributed by atoms with Crippen molar-refractivity contribution in [3.05, 3.63) is 12.8 Å². The number of carbonyl (C=O) groups excluding carboxylic acids is 2. The van der Waals surface area contributed by atoms with Crippen molar-refractivity contribution in [2.24, 2.45) is 11.8 Å². The minimum atomic E-state index is -0.183. The molecule has 33 heavy (non-hydrogen) atoms. The summed E-state index contributed by atoms with van der Waals surface area (Å²) in [7, 11) is 0. The zero-order chi connectivity index (χ0) is 24.7. The molecule has 0 aromatic rings. The van der Waals surface area contributed by atoms with Crippen LogP contribution < -0.4 is 0 Å². The summed E-state index contributed by atoms with van der Waals surface area (Å²) >= 11 is 0. The normalized spacial score (nSPS) is 11.1. The summed E-state index contributed by atoms with van der Waals surface area (Å²) in [6.07, 6.45) is 16.5. The number of unbranched alkanes of at least 4 members (excludes halogenated alkanes) is 8. The van der Waals surface area contributed by atoms with E-state index in [0.29, 0.717) is 39.1 Å². The first kappa shape index (κ1) is 31.5. The Hall–Kier alpha value is -1.52. The molecular weight excluding hydrogens is 414 g/mol. The summed E-state index contributed by atoms with van der Waals surface area (Å²) in [5, 5.41) is 0. The molecule has 0 saturated carbocycles. The third-order valence-electron chi connectivity index (χ3n) is 5.84. The Morgan fingerprint density at radius 3 is 1.39 bits per heavy atom. The monoisotopic (exact) mass is 467 g/mol. The van der Waals surface area contributed by atoms with Gasteiger partial charge in [0.15, 0.2) is 0 Å². The Morgan fingerprint density at radius 1 is 0.667 bits per heavy atom. The van der Waals surface area contributed by atoms with Crippen molar-refractivity contribution in [2.75, 3.05) is 26.3 Å². The largest absolute Gasteiger partial charge is 0.466 e. The molecule has 0 aromatic heterocycles. The molecule has 0 aliphatic rings. The molecule has 0 N–H and O–H groups in total. The van der Waals surface area contributed by atoms with Crippen LogP contribution in [0.1, 0.15) is 118 Å². The quantitative estimate of drug-likeness (QED) is 0.117. The van der Waals surface area contributed by atoms with Gasteiger partial charge in [-0.05, 0) is 30.9 Å². The van der Waals surface area contributed by atoms with E-state index in [-0.39, 0.29) is 11.9 Å². The maximum atomic E-state index is 11.9. The SMILES string of the molecule is C=CN(CCC(=O)OCCCCCCCC(C)C)CCC(=O)OCCCCCCCC(C)C. The molecule has 0 rings (SSSR count). The van der Waals surface area contributed by atoms with Gasteiger partial charge in [-0.3, -0.25) is 9.59 Å². The van der Waals surface area contributed by atoms with Gasteiger partial charge in [0.25, 0.3) is 0 Å². The molecule has 0 saturated heterocycles. The Labute approximate surface area is 204 Å². The van der Waals surface area contributed by atoms with Gasteiger partial charge in [0, 0.05) is 13.1 Å². The molecule has 0 radical (unpaired) electrons. The van der Waals surface area contributed by atoms with Crippen LogP contribution in [0.4, 0.5) is 0 Å². The first-order valence-electron chi connectivity index (χ1n) is 13.5. The fourth-order valence-electron chi connectivity index (χ4n) is 3.65. The highest BCUT2D eigenvalue weighted by atomic mass is 16.5. The summed E-state index contributed by atoms with van der Waals surface area (Å²) in [4.78, 5) is 25.8. The lowest BCUT2D eigenvalue weighted by atomic mass is 10.0. The molecule has 0 atom stereocenters. The summed E-state index contributed by atoms with van der Waals surface area (Å²) in [5.74, 6) is 1.20. The number of esters is 2. The Morgan fingerprint density at radius 2 is 1.03 bits per heavy atom. The molecule has 5 heteroatoms. The average molecular weight is 468 g/mol. The second-order valence-corrected chi connectivity index (χ2v) is 10.1. The number of nitrogens with zero attached hydrogens (tertiary/aromatic N) is 1. The average Bonchev–Trinajstić information content (AvgIpc) is 2.77. The maximum Gasteiger partial charge on any atom is 0.307 e. The number of ether oxygens (including phenoxy) is 2. The van der Waals surface area contributed by atoms with Crippen molar-refractivity contribution < 1.29 is 19.1 Å². The van der Waals surface area contributed by atoms with Crippen molar-refractivity contribution in [1.29, 1.82) is 0 Å². The lowest BCUT2D eigenvalue weighted by molar-refractivity contribution is -0.144. The van der Waals surface area contributed by atoms with Crippen LogP contribution in [0, 0.1) is 11.8 Å². The molecule has 0 amide bonds. The van der Waals surface area contributed by atoms with Gasteiger partial charge in [0.2, 0.25) is 0 Å². The Kier molecular flexibility index (Phi) is 21.3. The second kappa shape index (κ2) is 22.3. The fourth-order valence-corrected chi connectivity index (χ4v) is 3.65. The van der Waals surface area contributed by atoms with Crippen LogP contribution >= 0.6 is 0 Å². The van der Waals surface area contributed by atoms with E-state index >= 15 is 0 Å². The predicted octanol–water partition coefficient (Wildman–Crippen LogP) is 7.29. The van der Waals surface area contributed by atoms with Gasteiger partial charge in [0.05, 0.1) is 26.1 Å². The minimum Gasteiger partial charge on any atom is -0.466 e. The van der Waals surface area contributed by atoms with E-state index in [1.54, 1.807) is 6.20 Å². The van der Waals surface area contributed by atoms with Crippen molar-refractivity contribution in [1.82, 2.24) is 4.90 Å². The van der Waals surface area contributed by atoms with E-state index in [1.807, 2.05) is 4.90 Å². The van der Waals surface area contributed by atoms with E-state index in [9.17, 15) is 9.59 Å². The van der Waals surface area contributed by atoms with E-state index in [4.69, 9.17) is 9.47 Å². The van der Waals surface area contributed by atoms with Gasteiger partial charge >= 0.3 is 11.9 Å². The minimum absolute atomic E-state index is 0.183. The number of rotatable bonds is 23. The summed E-state index contributed by atoms with van der Waals surface area (Å²) < 4.78 is 10.7. The lowest BCUT2D eigenvalue weighted by Gasteiger charge is -2.19. The van der Waals surface area contributed by atoms with Gasteiger partial charge in [-0.15, -0.1) is 0 Å². The molecule has 0 fully saturated rings. The van der Waals surface area contributed by atoms with Crippen LogP contribution in [-0.2, 0) is 19.1 Å². The van der Waals surface area contributed by atoms with Gasteiger partial charge in [-0.2, -0.15) is 0 Å². The molecule has 0 unspecified atom stereocenters. The highest BCUT2D eigenvalue weighted by Gasteiger charge is 2.09. The summed E-state index contributed by atoms with van der Waals surface area (Å²) in [5.41, 5.74) is 0. The van der Waals surface area contributed by atoms with E-state index < -0.39 is 0 Å². The van der Waals surface area contributed by atoms with Crippen LogP contribution in [-0.4, -0.2) is 43.1 Å². The third-order valence-corrected chi connectivity index (χ3v) is 5.84. The Balaban J connectivity index is 3.64. The molecular formula is C28H53NO4. The highest BCUT2D eigenvalue weighted by Crippen LogP contribution is 2.11. The fraction of sp³-hybridized carbons (Fsp3) is 0.857. The number of hydrogen-bond acceptors (Lipinski definition) is 5. The Bertz CT molecular complexity index is 450. The third kappa shape index (κ3) is 23.4. The standard InChI is InChI=1S/C28H53NO4/c1-6-29(21-19-27(30)32-23-15-11-7-9-13-17-25(2)3)22-20-28(31)33-24-16-12-8-10-14-18-26(4)5/h6,25-26H,1,7-24H2,2-5H3. The van der Waals surface area contributed by atoms with Crippen LogP contribution in [0.25, 0.3) is 0 Å². The van der Waals surface area contributed by atoms with Crippen LogP contribution in [0.3, 0.4) is 0 Å². The van der Waals surface area contributed by atoms with Crippen molar-refractivity contribution >= 4 is 11.9 Å². The molecule has 0 aromatic carbocycles. The van der Waals surface area contributed by atoms with Crippen LogP contribution in [0.15, 0.2) is 12.8 Å². The molecule has 0 bridgehead atoms. The molecule has 0 heterocycles. The maximum absolute atomic E-state index is 11.9. The second-order valence-electron chi connectivity index (χ2n) is 10.1. The summed E-state index contributed by atoms with van der Waals surface area (Å²) in [6, 6.07) is 0. The van der Waals surface area contributed by atoms with Crippen LogP contribution in [0.2, 0.25) is 0 Å². The lowest BCUT2D eigenvalue weighted by Crippen LogP contribution is -2.25. The zero-order valence-corrected chi connectivity index (χ0v) is 22.2. The first-order chi connectivity index (χ1) is 15.8. The summed E-state index contributed by atoms with van der Waals surface area (Å²) in [6.45, 7) is 14.9. The van der Waals surface area contributed by atoms with Gasteiger partial charge in [-0.1, -0.05) is 98.5 Å². The smallest absolute Gasteiger partial charge is 0.307 e. The molecule has 0 aliphatic heterocycles. The first-order valence-corrected chi connectivity index (χ1v) is 13.5. The van der Waals surface area contributed by atoms with E-state index in [1.165, 1.54) is 51.4 Å². The van der Waals surface area contributed by atoms with Crippen molar-refractivity contribution in [3.8, 4) is 0 Å².